The SMILES string of the molecule is CN=C(NCc1ccc(OC)c(OC)c1)NCC(C(C)C)N1CCCC1. The van der Waals surface area contributed by atoms with Gasteiger partial charge in [0.05, 0.1) is 14.2 Å². The Balaban J connectivity index is 1.89. The topological polar surface area (TPSA) is 58.1 Å². The Bertz CT molecular complexity index is 583. The summed E-state index contributed by atoms with van der Waals surface area (Å²) in [6, 6.07) is 6.48. The van der Waals surface area contributed by atoms with Gasteiger partial charge in [-0.2, -0.15) is 0 Å². The summed E-state index contributed by atoms with van der Waals surface area (Å²) in [6.07, 6.45) is 2.63. The minimum absolute atomic E-state index is 0.539. The van der Waals surface area contributed by atoms with Crippen molar-refractivity contribution in [2.24, 2.45) is 10.9 Å². The van der Waals surface area contributed by atoms with Gasteiger partial charge >= 0.3 is 0 Å². The summed E-state index contributed by atoms with van der Waals surface area (Å²) in [6.45, 7) is 8.60. The highest BCUT2D eigenvalue weighted by Crippen LogP contribution is 2.27. The average molecular weight is 363 g/mol. The van der Waals surface area contributed by atoms with Crippen LogP contribution in [-0.4, -0.2) is 57.8 Å². The van der Waals surface area contributed by atoms with E-state index in [0.29, 0.717) is 18.5 Å². The molecule has 1 aliphatic heterocycles. The Hall–Kier alpha value is -1.95. The maximum Gasteiger partial charge on any atom is 0.191 e. The van der Waals surface area contributed by atoms with Crippen LogP contribution in [0.1, 0.15) is 32.3 Å². The molecule has 1 fully saturated rings. The van der Waals surface area contributed by atoms with Crippen molar-refractivity contribution in [2.75, 3.05) is 40.9 Å². The number of guanidine groups is 1. The number of likely N-dealkylation sites (tertiary alicyclic amines) is 1. The molecule has 0 bridgehead atoms. The smallest absolute Gasteiger partial charge is 0.191 e. The number of nitrogens with one attached hydrogen (secondary N) is 2. The van der Waals surface area contributed by atoms with Gasteiger partial charge in [0.2, 0.25) is 0 Å². The van der Waals surface area contributed by atoms with E-state index in [2.05, 4.69) is 34.4 Å². The molecule has 2 rings (SSSR count). The molecule has 1 aromatic carbocycles. The zero-order valence-corrected chi connectivity index (χ0v) is 16.8. The van der Waals surface area contributed by atoms with Gasteiger partial charge in [0.25, 0.3) is 0 Å². The first kappa shape index (κ1) is 20.4. The van der Waals surface area contributed by atoms with E-state index in [-0.39, 0.29) is 0 Å². The van der Waals surface area contributed by atoms with Crippen LogP contribution in [-0.2, 0) is 6.54 Å². The second-order valence-corrected chi connectivity index (χ2v) is 7.05. The fourth-order valence-electron chi connectivity index (χ4n) is 3.46. The molecule has 1 unspecified atom stereocenters. The van der Waals surface area contributed by atoms with E-state index in [0.717, 1.165) is 29.6 Å². The lowest BCUT2D eigenvalue weighted by molar-refractivity contribution is 0.192. The normalized spacial score (nSPS) is 16.6. The number of nitrogens with zero attached hydrogens (tertiary/aromatic N) is 2. The first-order valence-electron chi connectivity index (χ1n) is 9.48. The van der Waals surface area contributed by atoms with E-state index in [1.165, 1.54) is 25.9 Å². The highest BCUT2D eigenvalue weighted by molar-refractivity contribution is 5.79. The van der Waals surface area contributed by atoms with Gasteiger partial charge in [-0.25, -0.2) is 0 Å². The first-order valence-corrected chi connectivity index (χ1v) is 9.48. The quantitative estimate of drug-likeness (QED) is 0.550. The van der Waals surface area contributed by atoms with Crippen LogP contribution in [0.4, 0.5) is 0 Å². The fraction of sp³-hybridized carbons (Fsp3) is 0.650. The van der Waals surface area contributed by atoms with E-state index in [1.54, 1.807) is 14.2 Å². The molecule has 0 radical (unpaired) electrons. The van der Waals surface area contributed by atoms with Crippen LogP contribution in [0.5, 0.6) is 11.5 Å². The molecule has 0 spiro atoms. The maximum absolute atomic E-state index is 5.37. The summed E-state index contributed by atoms with van der Waals surface area (Å²) in [5.41, 5.74) is 1.12. The van der Waals surface area contributed by atoms with Gasteiger partial charge in [-0.1, -0.05) is 19.9 Å². The number of methoxy groups -OCH3 is 2. The lowest BCUT2D eigenvalue weighted by Crippen LogP contribution is -2.48. The van der Waals surface area contributed by atoms with Gasteiger partial charge in [-0.15, -0.1) is 0 Å². The lowest BCUT2D eigenvalue weighted by atomic mass is 10.0. The summed E-state index contributed by atoms with van der Waals surface area (Å²) >= 11 is 0. The molecular formula is C20H34N4O2. The average Bonchev–Trinajstić information content (AvgIpc) is 3.18. The number of ether oxygens (including phenoxy) is 2. The molecular weight excluding hydrogens is 328 g/mol. The molecule has 0 amide bonds. The van der Waals surface area contributed by atoms with Crippen LogP contribution in [0.15, 0.2) is 23.2 Å². The second-order valence-electron chi connectivity index (χ2n) is 7.05. The van der Waals surface area contributed by atoms with Crippen LogP contribution in [0.2, 0.25) is 0 Å². The third-order valence-corrected chi connectivity index (χ3v) is 4.99. The van der Waals surface area contributed by atoms with E-state index in [1.807, 2.05) is 25.2 Å². The molecule has 0 saturated carbocycles. The molecule has 1 aliphatic rings. The Labute approximate surface area is 158 Å². The summed E-state index contributed by atoms with van der Waals surface area (Å²) in [5, 5.41) is 6.87. The van der Waals surface area contributed by atoms with Gasteiger partial charge in [0, 0.05) is 26.2 Å². The first-order chi connectivity index (χ1) is 12.6. The predicted molar refractivity (Wildman–Crippen MR) is 107 cm³/mol. The molecule has 26 heavy (non-hydrogen) atoms. The summed E-state index contributed by atoms with van der Waals surface area (Å²) in [7, 11) is 5.11. The van der Waals surface area contributed by atoms with E-state index < -0.39 is 0 Å². The van der Waals surface area contributed by atoms with Crippen LogP contribution in [0, 0.1) is 5.92 Å². The zero-order chi connectivity index (χ0) is 18.9. The van der Waals surface area contributed by atoms with Gasteiger partial charge in [0.1, 0.15) is 0 Å². The summed E-state index contributed by atoms with van der Waals surface area (Å²) in [5.74, 6) is 2.92. The molecule has 6 heteroatoms. The molecule has 2 N–H and O–H groups in total. The van der Waals surface area contributed by atoms with Crippen molar-refractivity contribution in [3.8, 4) is 11.5 Å². The molecule has 146 valence electrons. The van der Waals surface area contributed by atoms with E-state index in [4.69, 9.17) is 9.47 Å². The number of hydrogen-bond acceptors (Lipinski definition) is 4. The van der Waals surface area contributed by atoms with Crippen LogP contribution >= 0.6 is 0 Å². The highest BCUT2D eigenvalue weighted by Gasteiger charge is 2.24. The van der Waals surface area contributed by atoms with Crippen molar-refractivity contribution >= 4 is 5.96 Å². The van der Waals surface area contributed by atoms with Crippen molar-refractivity contribution in [2.45, 2.75) is 39.3 Å². The summed E-state index contributed by atoms with van der Waals surface area (Å²) < 4.78 is 10.7. The lowest BCUT2D eigenvalue weighted by Gasteiger charge is -2.31. The number of rotatable bonds is 8. The molecule has 0 aromatic heterocycles. The molecule has 1 heterocycles. The fourth-order valence-corrected chi connectivity index (χ4v) is 3.46. The molecule has 6 nitrogen and oxygen atoms in total. The van der Waals surface area contributed by atoms with Crippen molar-refractivity contribution in [1.29, 1.82) is 0 Å². The molecule has 1 aromatic rings. The number of hydrogen-bond donors (Lipinski definition) is 2. The Morgan fingerprint density at radius 1 is 1.12 bits per heavy atom. The van der Waals surface area contributed by atoms with E-state index in [9.17, 15) is 0 Å². The van der Waals surface area contributed by atoms with Gasteiger partial charge in [-0.3, -0.25) is 9.89 Å². The molecule has 0 aliphatic carbocycles. The highest BCUT2D eigenvalue weighted by atomic mass is 16.5. The second kappa shape index (κ2) is 10.3. The zero-order valence-electron chi connectivity index (χ0n) is 16.8. The largest absolute Gasteiger partial charge is 0.493 e. The van der Waals surface area contributed by atoms with Crippen molar-refractivity contribution in [3.05, 3.63) is 23.8 Å². The van der Waals surface area contributed by atoms with Gasteiger partial charge in [0.15, 0.2) is 17.5 Å². The summed E-state index contributed by atoms with van der Waals surface area (Å²) in [4.78, 5) is 6.95. The third kappa shape index (κ3) is 5.53. The van der Waals surface area contributed by atoms with Crippen LogP contribution in [0.3, 0.4) is 0 Å². The monoisotopic (exact) mass is 362 g/mol. The minimum Gasteiger partial charge on any atom is -0.493 e. The maximum atomic E-state index is 5.37. The number of benzene rings is 1. The third-order valence-electron chi connectivity index (χ3n) is 4.99. The Kier molecular flexibility index (Phi) is 8.04. The van der Waals surface area contributed by atoms with Crippen molar-refractivity contribution < 1.29 is 9.47 Å². The predicted octanol–water partition coefficient (Wildman–Crippen LogP) is 2.49. The van der Waals surface area contributed by atoms with Gasteiger partial charge < -0.3 is 20.1 Å². The van der Waals surface area contributed by atoms with Crippen molar-refractivity contribution in [1.82, 2.24) is 15.5 Å². The van der Waals surface area contributed by atoms with E-state index >= 15 is 0 Å². The standard InChI is InChI=1S/C20H34N4O2/c1-15(2)17(24-10-6-7-11-24)14-23-20(21-3)22-13-16-8-9-18(25-4)19(12-16)26-5/h8-9,12,15,17H,6-7,10-11,13-14H2,1-5H3,(H2,21,22,23). The minimum atomic E-state index is 0.539. The molecule has 1 saturated heterocycles. The van der Waals surface area contributed by atoms with Crippen LogP contribution < -0.4 is 20.1 Å². The molecule has 1 atom stereocenters. The van der Waals surface area contributed by atoms with Crippen molar-refractivity contribution in [3.63, 3.8) is 0 Å². The number of aliphatic imine (C=N–C) groups is 1. The Morgan fingerprint density at radius 2 is 1.81 bits per heavy atom. The van der Waals surface area contributed by atoms with Gasteiger partial charge in [-0.05, 0) is 49.5 Å². The Morgan fingerprint density at radius 3 is 2.38 bits per heavy atom. The van der Waals surface area contributed by atoms with Crippen LogP contribution in [0.25, 0.3) is 0 Å².